The maximum Gasteiger partial charge on any atom is 0.114 e. The highest BCUT2D eigenvalue weighted by Crippen LogP contribution is 2.20. The van der Waals surface area contributed by atoms with E-state index in [-0.39, 0.29) is 0 Å². The number of rotatable bonds is 5. The summed E-state index contributed by atoms with van der Waals surface area (Å²) in [5.41, 5.74) is 3.70. The van der Waals surface area contributed by atoms with Gasteiger partial charge >= 0.3 is 0 Å². The van der Waals surface area contributed by atoms with Crippen LogP contribution in [0.15, 0.2) is 54.6 Å². The van der Waals surface area contributed by atoms with Gasteiger partial charge in [-0.05, 0) is 43.5 Å². The molecule has 1 atom stereocenters. The Morgan fingerprint density at radius 2 is 1.83 bits per heavy atom. The Morgan fingerprint density at radius 1 is 1.00 bits per heavy atom. The number of aromatic nitrogens is 2. The van der Waals surface area contributed by atoms with Crippen molar-refractivity contribution in [1.82, 2.24) is 14.9 Å². The molecule has 0 radical (unpaired) electrons. The molecule has 1 N–H and O–H groups in total. The lowest BCUT2D eigenvalue weighted by atomic mass is 10.0. The quantitative estimate of drug-likeness (QED) is 0.765. The van der Waals surface area contributed by atoms with Crippen LogP contribution in [0.25, 0.3) is 11.0 Å². The molecule has 1 aromatic heterocycles. The Labute approximate surface area is 143 Å². The standard InChI is InChI=1S/C21H25N3/c1-2-8-17(9-3-1)16-21-23-19-11-4-5-12-20(19)24(21)15-13-18-10-6-7-14-22-18/h1-5,8-9,11-12,18,22H,6-7,10,13-16H2. The van der Waals surface area contributed by atoms with Crippen LogP contribution in [0, 0.1) is 0 Å². The first-order valence-electron chi connectivity index (χ1n) is 9.11. The van der Waals surface area contributed by atoms with E-state index in [0.717, 1.165) is 18.5 Å². The number of nitrogens with one attached hydrogen (secondary N) is 1. The number of piperidine rings is 1. The second-order valence-corrected chi connectivity index (χ2v) is 6.77. The lowest BCUT2D eigenvalue weighted by Gasteiger charge is -2.24. The van der Waals surface area contributed by atoms with E-state index >= 15 is 0 Å². The molecule has 0 bridgehead atoms. The molecule has 4 rings (SSSR count). The van der Waals surface area contributed by atoms with E-state index < -0.39 is 0 Å². The molecule has 1 aliphatic heterocycles. The smallest absolute Gasteiger partial charge is 0.114 e. The Balaban J connectivity index is 1.60. The van der Waals surface area contributed by atoms with Crippen LogP contribution in [-0.4, -0.2) is 22.1 Å². The normalized spacial score (nSPS) is 18.1. The molecule has 1 saturated heterocycles. The van der Waals surface area contributed by atoms with Crippen LogP contribution in [0.1, 0.15) is 37.1 Å². The van der Waals surface area contributed by atoms with E-state index in [2.05, 4.69) is 64.5 Å². The summed E-state index contributed by atoms with van der Waals surface area (Å²) in [5.74, 6) is 1.18. The second-order valence-electron chi connectivity index (χ2n) is 6.77. The molecular formula is C21H25N3. The molecule has 24 heavy (non-hydrogen) atoms. The van der Waals surface area contributed by atoms with Crippen molar-refractivity contribution >= 4 is 11.0 Å². The fourth-order valence-electron chi connectivity index (χ4n) is 3.74. The van der Waals surface area contributed by atoms with Crippen LogP contribution >= 0.6 is 0 Å². The van der Waals surface area contributed by atoms with Crippen molar-refractivity contribution < 1.29 is 0 Å². The van der Waals surface area contributed by atoms with Crippen molar-refractivity contribution in [3.63, 3.8) is 0 Å². The predicted octanol–water partition coefficient (Wildman–Crippen LogP) is 4.16. The van der Waals surface area contributed by atoms with Crippen molar-refractivity contribution in [3.05, 3.63) is 66.0 Å². The molecule has 3 nitrogen and oxygen atoms in total. The molecule has 2 heterocycles. The van der Waals surface area contributed by atoms with Gasteiger partial charge in [0.05, 0.1) is 11.0 Å². The van der Waals surface area contributed by atoms with Gasteiger partial charge in [0.1, 0.15) is 5.82 Å². The first-order chi connectivity index (χ1) is 11.9. The molecule has 3 aromatic rings. The number of para-hydroxylation sites is 2. The van der Waals surface area contributed by atoms with Gasteiger partial charge in [0.2, 0.25) is 0 Å². The maximum absolute atomic E-state index is 4.91. The zero-order valence-corrected chi connectivity index (χ0v) is 14.1. The number of fused-ring (bicyclic) bond motifs is 1. The second kappa shape index (κ2) is 7.18. The summed E-state index contributed by atoms with van der Waals surface area (Å²) < 4.78 is 2.43. The van der Waals surface area contributed by atoms with Crippen LogP contribution in [0.5, 0.6) is 0 Å². The minimum Gasteiger partial charge on any atom is -0.328 e. The molecule has 0 saturated carbocycles. The van der Waals surface area contributed by atoms with E-state index in [9.17, 15) is 0 Å². The average Bonchev–Trinajstić information content (AvgIpc) is 2.99. The Kier molecular flexibility index (Phi) is 4.61. The van der Waals surface area contributed by atoms with E-state index in [0.29, 0.717) is 6.04 Å². The third-order valence-corrected chi connectivity index (χ3v) is 5.05. The van der Waals surface area contributed by atoms with Gasteiger partial charge in [-0.25, -0.2) is 4.98 Å². The van der Waals surface area contributed by atoms with Gasteiger partial charge in [-0.2, -0.15) is 0 Å². The molecule has 0 spiro atoms. The highest BCUT2D eigenvalue weighted by molar-refractivity contribution is 5.76. The van der Waals surface area contributed by atoms with Gasteiger partial charge in [0.15, 0.2) is 0 Å². The topological polar surface area (TPSA) is 29.9 Å². The number of imidazole rings is 1. The summed E-state index contributed by atoms with van der Waals surface area (Å²) in [4.78, 5) is 4.91. The summed E-state index contributed by atoms with van der Waals surface area (Å²) in [5, 5.41) is 3.67. The van der Waals surface area contributed by atoms with Gasteiger partial charge < -0.3 is 9.88 Å². The monoisotopic (exact) mass is 319 g/mol. The molecule has 1 aliphatic rings. The fraction of sp³-hybridized carbons (Fsp3) is 0.381. The SMILES string of the molecule is c1ccc(Cc2nc3ccccc3n2CCC2CCCCN2)cc1. The minimum absolute atomic E-state index is 0.657. The van der Waals surface area contributed by atoms with Gasteiger partial charge in [0.25, 0.3) is 0 Å². The molecule has 1 fully saturated rings. The highest BCUT2D eigenvalue weighted by atomic mass is 15.1. The minimum atomic E-state index is 0.657. The first-order valence-corrected chi connectivity index (χ1v) is 9.11. The Morgan fingerprint density at radius 3 is 2.67 bits per heavy atom. The van der Waals surface area contributed by atoms with E-state index in [1.54, 1.807) is 0 Å². The summed E-state index contributed by atoms with van der Waals surface area (Å²) in [6.45, 7) is 2.21. The van der Waals surface area contributed by atoms with Crippen LogP contribution in [-0.2, 0) is 13.0 Å². The van der Waals surface area contributed by atoms with Crippen molar-refractivity contribution in [2.24, 2.45) is 0 Å². The largest absolute Gasteiger partial charge is 0.328 e. The lowest BCUT2D eigenvalue weighted by molar-refractivity contribution is 0.367. The number of hydrogen-bond acceptors (Lipinski definition) is 2. The molecule has 3 heteroatoms. The Hall–Kier alpha value is -2.13. The third kappa shape index (κ3) is 3.36. The summed E-state index contributed by atoms with van der Waals surface area (Å²) in [6, 6.07) is 19.8. The van der Waals surface area contributed by atoms with E-state index in [1.165, 1.54) is 49.1 Å². The fourth-order valence-corrected chi connectivity index (χ4v) is 3.74. The molecular weight excluding hydrogens is 294 g/mol. The van der Waals surface area contributed by atoms with Crippen LogP contribution in [0.2, 0.25) is 0 Å². The molecule has 0 aliphatic carbocycles. The number of hydrogen-bond donors (Lipinski definition) is 1. The molecule has 0 amide bonds. The number of benzene rings is 2. The van der Waals surface area contributed by atoms with Crippen molar-refractivity contribution in [3.8, 4) is 0 Å². The van der Waals surface area contributed by atoms with Gasteiger partial charge in [-0.15, -0.1) is 0 Å². The highest BCUT2D eigenvalue weighted by Gasteiger charge is 2.15. The van der Waals surface area contributed by atoms with Crippen LogP contribution < -0.4 is 5.32 Å². The number of aryl methyl sites for hydroxylation is 1. The summed E-state index contributed by atoms with van der Waals surface area (Å²) in [6.07, 6.45) is 6.07. The molecule has 2 aromatic carbocycles. The third-order valence-electron chi connectivity index (χ3n) is 5.05. The van der Waals surface area contributed by atoms with Crippen molar-refractivity contribution in [2.75, 3.05) is 6.54 Å². The van der Waals surface area contributed by atoms with Gasteiger partial charge in [-0.3, -0.25) is 0 Å². The summed E-state index contributed by atoms with van der Waals surface area (Å²) in [7, 11) is 0. The van der Waals surface area contributed by atoms with E-state index in [1.807, 2.05) is 0 Å². The van der Waals surface area contributed by atoms with Crippen molar-refractivity contribution in [2.45, 2.75) is 44.7 Å². The van der Waals surface area contributed by atoms with E-state index in [4.69, 9.17) is 4.98 Å². The zero-order valence-electron chi connectivity index (χ0n) is 14.1. The van der Waals surface area contributed by atoms with Crippen LogP contribution in [0.4, 0.5) is 0 Å². The predicted molar refractivity (Wildman–Crippen MR) is 99.2 cm³/mol. The van der Waals surface area contributed by atoms with Gasteiger partial charge in [-0.1, -0.05) is 48.9 Å². The molecule has 124 valence electrons. The zero-order chi connectivity index (χ0) is 16.2. The lowest BCUT2D eigenvalue weighted by Crippen LogP contribution is -2.34. The first kappa shape index (κ1) is 15.4. The maximum atomic E-state index is 4.91. The van der Waals surface area contributed by atoms with Crippen molar-refractivity contribution in [1.29, 1.82) is 0 Å². The molecule has 1 unspecified atom stereocenters. The number of nitrogens with zero attached hydrogens (tertiary/aromatic N) is 2. The Bertz CT molecular complexity index is 785. The summed E-state index contributed by atoms with van der Waals surface area (Å²) >= 11 is 0. The van der Waals surface area contributed by atoms with Crippen LogP contribution in [0.3, 0.4) is 0 Å². The average molecular weight is 319 g/mol. The van der Waals surface area contributed by atoms with Gasteiger partial charge in [0, 0.05) is 19.0 Å².